The van der Waals surface area contributed by atoms with E-state index in [1.165, 1.54) is 0 Å². The topological polar surface area (TPSA) is 108 Å². The summed E-state index contributed by atoms with van der Waals surface area (Å²) in [4.78, 5) is 34.5. The number of anilines is 1. The van der Waals surface area contributed by atoms with Gasteiger partial charge in [-0.3, -0.25) is 4.79 Å². The number of aryl methyl sites for hydroxylation is 1. The number of amides is 3. The number of carbonyl (C=O) groups is 3. The smallest absolute Gasteiger partial charge is 0.326 e. The number of carboxylic acid groups (broad SMARTS) is 1. The first-order valence-electron chi connectivity index (χ1n) is 7.41. The number of carboxylic acids is 1. The number of benzene rings is 1. The summed E-state index contributed by atoms with van der Waals surface area (Å²) in [5.74, 6) is -1.50. The maximum absolute atomic E-state index is 11.7. The Hall–Kier alpha value is -2.57. The third kappa shape index (κ3) is 7.30. The molecule has 0 saturated carbocycles. The summed E-state index contributed by atoms with van der Waals surface area (Å²) < 4.78 is 0. The van der Waals surface area contributed by atoms with E-state index in [9.17, 15) is 14.4 Å². The molecular formula is C16H23N3O4. The molecule has 0 spiro atoms. The lowest BCUT2D eigenvalue weighted by molar-refractivity contribution is -0.142. The summed E-state index contributed by atoms with van der Waals surface area (Å²) in [5.41, 5.74) is 1.62. The third-order valence-corrected chi connectivity index (χ3v) is 3.03. The summed E-state index contributed by atoms with van der Waals surface area (Å²) >= 11 is 0. The lowest BCUT2D eigenvalue weighted by atomic mass is 10.0. The van der Waals surface area contributed by atoms with Crippen molar-refractivity contribution in [1.29, 1.82) is 0 Å². The van der Waals surface area contributed by atoms with E-state index < -0.39 is 23.9 Å². The zero-order chi connectivity index (χ0) is 17.4. The van der Waals surface area contributed by atoms with E-state index in [2.05, 4.69) is 16.0 Å². The molecule has 0 heterocycles. The molecule has 0 bridgehead atoms. The first kappa shape index (κ1) is 18.5. The largest absolute Gasteiger partial charge is 0.480 e. The summed E-state index contributed by atoms with van der Waals surface area (Å²) in [5, 5.41) is 16.4. The SMILES string of the molecule is Cc1cccc(NC(=O)NCC(=O)NC(CC(C)C)C(=O)O)c1. The molecule has 0 radical (unpaired) electrons. The first-order valence-corrected chi connectivity index (χ1v) is 7.41. The summed E-state index contributed by atoms with van der Waals surface area (Å²) in [6.45, 7) is 5.35. The second-order valence-electron chi connectivity index (χ2n) is 5.77. The van der Waals surface area contributed by atoms with Crippen molar-refractivity contribution in [3.63, 3.8) is 0 Å². The van der Waals surface area contributed by atoms with Gasteiger partial charge in [0.15, 0.2) is 0 Å². The molecule has 0 saturated heterocycles. The van der Waals surface area contributed by atoms with Gasteiger partial charge in [-0.25, -0.2) is 9.59 Å². The summed E-state index contributed by atoms with van der Waals surface area (Å²) in [6, 6.07) is 5.75. The Labute approximate surface area is 135 Å². The number of urea groups is 1. The average molecular weight is 321 g/mol. The van der Waals surface area contributed by atoms with Gasteiger partial charge in [-0.15, -0.1) is 0 Å². The third-order valence-electron chi connectivity index (χ3n) is 3.03. The minimum Gasteiger partial charge on any atom is -0.480 e. The van der Waals surface area contributed by atoms with Crippen LogP contribution in [0.5, 0.6) is 0 Å². The molecule has 23 heavy (non-hydrogen) atoms. The molecule has 0 aromatic heterocycles. The van der Waals surface area contributed by atoms with Crippen molar-refractivity contribution in [2.75, 3.05) is 11.9 Å². The second kappa shape index (κ2) is 8.77. The van der Waals surface area contributed by atoms with E-state index in [1.807, 2.05) is 26.8 Å². The van der Waals surface area contributed by atoms with Crippen LogP contribution in [-0.2, 0) is 9.59 Å². The fourth-order valence-electron chi connectivity index (χ4n) is 2.00. The van der Waals surface area contributed by atoms with Gasteiger partial charge in [-0.1, -0.05) is 26.0 Å². The van der Waals surface area contributed by atoms with Crippen LogP contribution in [0.4, 0.5) is 10.5 Å². The molecule has 1 aromatic carbocycles. The maximum atomic E-state index is 11.7. The van der Waals surface area contributed by atoms with E-state index in [4.69, 9.17) is 5.11 Å². The van der Waals surface area contributed by atoms with Crippen LogP contribution < -0.4 is 16.0 Å². The average Bonchev–Trinajstić information content (AvgIpc) is 2.44. The molecule has 0 aliphatic carbocycles. The predicted octanol–water partition coefficient (Wildman–Crippen LogP) is 1.73. The molecule has 0 aliphatic heterocycles. The van der Waals surface area contributed by atoms with E-state index in [0.717, 1.165) is 5.56 Å². The van der Waals surface area contributed by atoms with E-state index in [-0.39, 0.29) is 12.5 Å². The molecule has 4 N–H and O–H groups in total. The Kier molecular flexibility index (Phi) is 7.05. The molecule has 1 unspecified atom stereocenters. The van der Waals surface area contributed by atoms with Gasteiger partial charge in [-0.05, 0) is 37.0 Å². The van der Waals surface area contributed by atoms with E-state index >= 15 is 0 Å². The zero-order valence-electron chi connectivity index (χ0n) is 13.6. The Morgan fingerprint density at radius 3 is 2.48 bits per heavy atom. The monoisotopic (exact) mass is 321 g/mol. The lowest BCUT2D eigenvalue weighted by Gasteiger charge is -2.16. The standard InChI is InChI=1S/C16H23N3O4/c1-10(2)7-13(15(21)22)19-14(20)9-17-16(23)18-12-6-4-5-11(3)8-12/h4-6,8,10,13H,7,9H2,1-3H3,(H,19,20)(H,21,22)(H2,17,18,23). The lowest BCUT2D eigenvalue weighted by Crippen LogP contribution is -2.46. The fraction of sp³-hybridized carbons (Fsp3) is 0.438. The van der Waals surface area contributed by atoms with Gasteiger partial charge >= 0.3 is 12.0 Å². The molecule has 0 aliphatic rings. The van der Waals surface area contributed by atoms with Crippen LogP contribution in [0.25, 0.3) is 0 Å². The summed E-state index contributed by atoms with van der Waals surface area (Å²) in [7, 11) is 0. The van der Waals surface area contributed by atoms with Gasteiger partial charge in [0.2, 0.25) is 5.91 Å². The normalized spacial score (nSPS) is 11.7. The number of hydrogen-bond donors (Lipinski definition) is 4. The van der Waals surface area contributed by atoms with Gasteiger partial charge in [0, 0.05) is 5.69 Å². The number of nitrogens with one attached hydrogen (secondary N) is 3. The van der Waals surface area contributed by atoms with Crippen LogP contribution in [0.2, 0.25) is 0 Å². The molecule has 3 amide bonds. The van der Waals surface area contributed by atoms with Crippen molar-refractivity contribution in [3.05, 3.63) is 29.8 Å². The number of aliphatic carboxylic acids is 1. The van der Waals surface area contributed by atoms with Crippen LogP contribution in [0.1, 0.15) is 25.8 Å². The molecular weight excluding hydrogens is 298 g/mol. The van der Waals surface area contributed by atoms with Crippen LogP contribution in [0, 0.1) is 12.8 Å². The maximum Gasteiger partial charge on any atom is 0.326 e. The fourth-order valence-corrected chi connectivity index (χ4v) is 2.00. The predicted molar refractivity (Wildman–Crippen MR) is 87.2 cm³/mol. The number of carbonyl (C=O) groups excluding carboxylic acids is 2. The van der Waals surface area contributed by atoms with Gasteiger partial charge < -0.3 is 21.1 Å². The Morgan fingerprint density at radius 1 is 1.22 bits per heavy atom. The minimum atomic E-state index is -1.09. The van der Waals surface area contributed by atoms with Crippen molar-refractivity contribution in [1.82, 2.24) is 10.6 Å². The highest BCUT2D eigenvalue weighted by atomic mass is 16.4. The highest BCUT2D eigenvalue weighted by Gasteiger charge is 2.21. The Morgan fingerprint density at radius 2 is 1.91 bits per heavy atom. The van der Waals surface area contributed by atoms with Crippen molar-refractivity contribution in [2.45, 2.75) is 33.2 Å². The minimum absolute atomic E-state index is 0.133. The molecule has 1 atom stereocenters. The van der Waals surface area contributed by atoms with Gasteiger partial charge in [0.05, 0.1) is 6.54 Å². The molecule has 0 fully saturated rings. The van der Waals surface area contributed by atoms with Crippen molar-refractivity contribution < 1.29 is 19.5 Å². The van der Waals surface area contributed by atoms with Gasteiger partial charge in [-0.2, -0.15) is 0 Å². The molecule has 126 valence electrons. The molecule has 1 rings (SSSR count). The Bertz CT molecular complexity index is 572. The second-order valence-corrected chi connectivity index (χ2v) is 5.77. The highest BCUT2D eigenvalue weighted by Crippen LogP contribution is 2.09. The zero-order valence-corrected chi connectivity index (χ0v) is 13.6. The summed E-state index contributed by atoms with van der Waals surface area (Å²) in [6.07, 6.45) is 0.330. The van der Waals surface area contributed by atoms with Crippen LogP contribution >= 0.6 is 0 Å². The van der Waals surface area contributed by atoms with Crippen LogP contribution in [-0.4, -0.2) is 35.6 Å². The van der Waals surface area contributed by atoms with Crippen molar-refractivity contribution in [2.24, 2.45) is 5.92 Å². The first-order chi connectivity index (χ1) is 10.8. The number of rotatable bonds is 7. The number of hydrogen-bond acceptors (Lipinski definition) is 3. The van der Waals surface area contributed by atoms with Crippen molar-refractivity contribution >= 4 is 23.6 Å². The van der Waals surface area contributed by atoms with Crippen LogP contribution in [0.3, 0.4) is 0 Å². The van der Waals surface area contributed by atoms with Gasteiger partial charge in [0.25, 0.3) is 0 Å². The molecule has 7 nitrogen and oxygen atoms in total. The van der Waals surface area contributed by atoms with E-state index in [0.29, 0.717) is 12.1 Å². The Balaban J connectivity index is 2.42. The quantitative estimate of drug-likeness (QED) is 0.613. The molecule has 1 aromatic rings. The van der Waals surface area contributed by atoms with Gasteiger partial charge in [0.1, 0.15) is 6.04 Å². The molecule has 7 heteroatoms. The van der Waals surface area contributed by atoms with Crippen molar-refractivity contribution in [3.8, 4) is 0 Å². The van der Waals surface area contributed by atoms with Crippen LogP contribution in [0.15, 0.2) is 24.3 Å². The van der Waals surface area contributed by atoms with E-state index in [1.54, 1.807) is 18.2 Å². The highest BCUT2D eigenvalue weighted by molar-refractivity contribution is 5.93.